The largest absolute Gasteiger partial charge is 0.393 e. The molecule has 1 fully saturated rings. The van der Waals surface area contributed by atoms with Crippen LogP contribution in [0.2, 0.25) is 0 Å². The number of hydrogen-bond acceptors (Lipinski definition) is 4. The van der Waals surface area contributed by atoms with E-state index in [2.05, 4.69) is 44.8 Å². The predicted octanol–water partition coefficient (Wildman–Crippen LogP) is 1.38. The molecule has 0 spiro atoms. The summed E-state index contributed by atoms with van der Waals surface area (Å²) >= 11 is 3.37. The Labute approximate surface area is 123 Å². The molecule has 0 saturated carbocycles. The number of aromatic nitrogens is 1. The van der Waals surface area contributed by atoms with Crippen LogP contribution in [0, 0.1) is 0 Å². The number of piperazine rings is 1. The van der Waals surface area contributed by atoms with Gasteiger partial charge in [0.25, 0.3) is 0 Å². The molecule has 0 aromatic carbocycles. The molecule has 1 aromatic heterocycles. The minimum Gasteiger partial charge on any atom is -0.393 e. The normalized spacial score (nSPS) is 23.5. The van der Waals surface area contributed by atoms with Crippen LogP contribution in [0.4, 0.5) is 0 Å². The highest BCUT2D eigenvalue weighted by Crippen LogP contribution is 2.15. The highest BCUT2D eigenvalue weighted by Gasteiger charge is 2.24. The lowest BCUT2D eigenvalue weighted by Crippen LogP contribution is -2.51. The van der Waals surface area contributed by atoms with Crippen LogP contribution in [0.1, 0.15) is 12.1 Å². The molecule has 0 radical (unpaired) electrons. The first-order valence-electron chi connectivity index (χ1n) is 6.72. The van der Waals surface area contributed by atoms with Gasteiger partial charge in [-0.3, -0.25) is 4.98 Å². The van der Waals surface area contributed by atoms with Gasteiger partial charge in [0.15, 0.2) is 0 Å². The molecule has 0 bridgehead atoms. The van der Waals surface area contributed by atoms with Crippen LogP contribution in [0.25, 0.3) is 0 Å². The Morgan fingerprint density at radius 2 is 2.21 bits per heavy atom. The topological polar surface area (TPSA) is 39.6 Å². The number of likely N-dealkylation sites (N-methyl/N-ethyl adjacent to an activating group) is 2. The Hall–Kier alpha value is -0.490. The summed E-state index contributed by atoms with van der Waals surface area (Å²) in [6, 6.07) is 4.36. The lowest BCUT2D eigenvalue weighted by molar-refractivity contribution is 0.0635. The molecule has 2 rings (SSSR count). The number of aliphatic hydroxyl groups excluding tert-OH is 1. The molecule has 1 aliphatic heterocycles. The molecule has 4 nitrogen and oxygen atoms in total. The monoisotopic (exact) mass is 327 g/mol. The van der Waals surface area contributed by atoms with Crippen LogP contribution in [-0.2, 0) is 6.42 Å². The summed E-state index contributed by atoms with van der Waals surface area (Å²) < 4.78 is 0.972. The second kappa shape index (κ2) is 6.79. The van der Waals surface area contributed by atoms with E-state index >= 15 is 0 Å². The Bertz CT molecular complexity index is 398. The smallest absolute Gasteiger partial charge is 0.0611 e. The van der Waals surface area contributed by atoms with Crippen LogP contribution >= 0.6 is 15.9 Å². The van der Waals surface area contributed by atoms with Gasteiger partial charge >= 0.3 is 0 Å². The van der Waals surface area contributed by atoms with Crippen molar-refractivity contribution in [1.82, 2.24) is 14.8 Å². The van der Waals surface area contributed by atoms with Crippen LogP contribution in [0.3, 0.4) is 0 Å². The molecule has 0 aliphatic carbocycles. The number of hydrogen-bond donors (Lipinski definition) is 1. The predicted molar refractivity (Wildman–Crippen MR) is 80.2 cm³/mol. The molecule has 0 amide bonds. The molecular formula is C14H22BrN3O. The van der Waals surface area contributed by atoms with Crippen molar-refractivity contribution in [2.75, 3.05) is 33.7 Å². The third-order valence-corrected chi connectivity index (χ3v) is 4.23. The number of nitrogens with zero attached hydrogens (tertiary/aromatic N) is 3. The Kier molecular flexibility index (Phi) is 5.33. The number of halogens is 1. The van der Waals surface area contributed by atoms with E-state index in [1.165, 1.54) is 0 Å². The molecular weight excluding hydrogens is 306 g/mol. The van der Waals surface area contributed by atoms with Gasteiger partial charge in [-0.05, 0) is 48.6 Å². The van der Waals surface area contributed by atoms with E-state index in [0.29, 0.717) is 12.5 Å². The minimum atomic E-state index is -0.326. The lowest BCUT2D eigenvalue weighted by atomic mass is 10.0. The second-order valence-electron chi connectivity index (χ2n) is 5.46. The van der Waals surface area contributed by atoms with Crippen LogP contribution in [0.5, 0.6) is 0 Å². The van der Waals surface area contributed by atoms with E-state index in [1.807, 2.05) is 12.1 Å². The fraction of sp³-hybridized carbons (Fsp3) is 0.643. The first-order valence-corrected chi connectivity index (χ1v) is 7.51. The molecule has 19 heavy (non-hydrogen) atoms. The van der Waals surface area contributed by atoms with Gasteiger partial charge in [-0.25, -0.2) is 0 Å². The van der Waals surface area contributed by atoms with Crippen molar-refractivity contribution < 1.29 is 5.11 Å². The van der Waals surface area contributed by atoms with E-state index in [1.54, 1.807) is 6.20 Å². The summed E-state index contributed by atoms with van der Waals surface area (Å²) in [7, 11) is 4.28. The second-order valence-corrected chi connectivity index (χ2v) is 6.37. The molecule has 106 valence electrons. The SMILES string of the molecule is CN1CCN(C)C(CC(O)Cc2ccc(Br)cn2)C1. The lowest BCUT2D eigenvalue weighted by Gasteiger charge is -2.38. The van der Waals surface area contributed by atoms with Gasteiger partial charge in [-0.15, -0.1) is 0 Å². The summed E-state index contributed by atoms with van der Waals surface area (Å²) in [5.74, 6) is 0. The zero-order valence-electron chi connectivity index (χ0n) is 11.6. The van der Waals surface area contributed by atoms with E-state index in [-0.39, 0.29) is 6.10 Å². The number of pyridine rings is 1. The Morgan fingerprint density at radius 3 is 2.89 bits per heavy atom. The van der Waals surface area contributed by atoms with Crippen molar-refractivity contribution in [2.45, 2.75) is 25.0 Å². The van der Waals surface area contributed by atoms with E-state index < -0.39 is 0 Å². The molecule has 2 heterocycles. The number of rotatable bonds is 4. The molecule has 2 unspecified atom stereocenters. The quantitative estimate of drug-likeness (QED) is 0.907. The first kappa shape index (κ1) is 14.9. The molecule has 1 saturated heterocycles. The standard InChI is InChI=1S/C14H22BrN3O/c1-17-5-6-18(2)13(10-17)8-14(19)7-12-4-3-11(15)9-16-12/h3-4,9,13-14,19H,5-8,10H2,1-2H3. The molecule has 5 heteroatoms. The van der Waals surface area contributed by atoms with Gasteiger partial charge < -0.3 is 14.9 Å². The summed E-state index contributed by atoms with van der Waals surface area (Å²) in [5.41, 5.74) is 0.947. The van der Waals surface area contributed by atoms with E-state index in [4.69, 9.17) is 0 Å². The van der Waals surface area contributed by atoms with Crippen molar-refractivity contribution >= 4 is 15.9 Å². The van der Waals surface area contributed by atoms with Gasteiger partial charge in [0.1, 0.15) is 0 Å². The summed E-state index contributed by atoms with van der Waals surface area (Å²) in [6.45, 7) is 3.21. The maximum absolute atomic E-state index is 10.2. The Morgan fingerprint density at radius 1 is 1.42 bits per heavy atom. The highest BCUT2D eigenvalue weighted by atomic mass is 79.9. The third-order valence-electron chi connectivity index (χ3n) is 3.76. The highest BCUT2D eigenvalue weighted by molar-refractivity contribution is 9.10. The Balaban J connectivity index is 1.86. The fourth-order valence-corrected chi connectivity index (χ4v) is 2.76. The van der Waals surface area contributed by atoms with Crippen molar-refractivity contribution in [1.29, 1.82) is 0 Å². The third kappa shape index (κ3) is 4.53. The van der Waals surface area contributed by atoms with Crippen molar-refractivity contribution in [2.24, 2.45) is 0 Å². The van der Waals surface area contributed by atoms with Gasteiger partial charge in [0, 0.05) is 48.5 Å². The molecule has 2 atom stereocenters. The van der Waals surface area contributed by atoms with Crippen LogP contribution < -0.4 is 0 Å². The van der Waals surface area contributed by atoms with Gasteiger partial charge in [0.05, 0.1) is 6.10 Å². The van der Waals surface area contributed by atoms with Gasteiger partial charge in [0.2, 0.25) is 0 Å². The van der Waals surface area contributed by atoms with E-state index in [9.17, 15) is 5.11 Å². The molecule has 1 N–H and O–H groups in total. The van der Waals surface area contributed by atoms with Crippen molar-refractivity contribution in [3.05, 3.63) is 28.5 Å². The summed E-state index contributed by atoms with van der Waals surface area (Å²) in [5, 5.41) is 10.2. The van der Waals surface area contributed by atoms with Crippen molar-refractivity contribution in [3.63, 3.8) is 0 Å². The number of aliphatic hydroxyl groups is 1. The van der Waals surface area contributed by atoms with E-state index in [0.717, 1.165) is 36.2 Å². The van der Waals surface area contributed by atoms with Gasteiger partial charge in [-0.2, -0.15) is 0 Å². The average molecular weight is 328 g/mol. The summed E-state index contributed by atoms with van der Waals surface area (Å²) in [6.07, 6.45) is 2.88. The zero-order valence-corrected chi connectivity index (χ0v) is 13.2. The minimum absolute atomic E-state index is 0.326. The summed E-state index contributed by atoms with van der Waals surface area (Å²) in [4.78, 5) is 8.99. The van der Waals surface area contributed by atoms with Gasteiger partial charge in [-0.1, -0.05) is 0 Å². The average Bonchev–Trinajstić information content (AvgIpc) is 2.37. The van der Waals surface area contributed by atoms with Crippen LogP contribution in [0.15, 0.2) is 22.8 Å². The maximum atomic E-state index is 10.2. The van der Waals surface area contributed by atoms with Crippen molar-refractivity contribution in [3.8, 4) is 0 Å². The zero-order chi connectivity index (χ0) is 13.8. The maximum Gasteiger partial charge on any atom is 0.0611 e. The molecule has 1 aliphatic rings. The fourth-order valence-electron chi connectivity index (χ4n) is 2.52. The molecule has 1 aromatic rings. The first-order chi connectivity index (χ1) is 9.04. The van der Waals surface area contributed by atoms with Crippen LogP contribution in [-0.4, -0.2) is 65.8 Å².